The van der Waals surface area contributed by atoms with Gasteiger partial charge in [-0.2, -0.15) is 0 Å². The monoisotopic (exact) mass is 520 g/mol. The number of sulfonamides is 1. The fourth-order valence-corrected chi connectivity index (χ4v) is 5.23. The molecule has 0 aliphatic heterocycles. The van der Waals surface area contributed by atoms with Crippen molar-refractivity contribution >= 4 is 38.9 Å². The predicted octanol–water partition coefficient (Wildman–Crippen LogP) is 7.11. The smallest absolute Gasteiger partial charge is 0.262 e. The molecule has 0 aliphatic rings. The van der Waals surface area contributed by atoms with Crippen LogP contribution in [0.1, 0.15) is 27.0 Å². The fraction of sp³-hybridized carbons (Fsp3) is 0.107. The highest BCUT2D eigenvalue weighted by molar-refractivity contribution is 7.92. The minimum absolute atomic E-state index is 0.0157. The number of halogens is 1. The highest BCUT2D eigenvalue weighted by Gasteiger charge is 2.21. The molecule has 4 rings (SSSR count). The Morgan fingerprint density at radius 2 is 1.56 bits per heavy atom. The number of para-hydroxylation sites is 1. The van der Waals surface area contributed by atoms with E-state index in [2.05, 4.69) is 10.0 Å². The average Bonchev–Trinajstić information content (AvgIpc) is 2.83. The first-order chi connectivity index (χ1) is 17.1. The number of hydrogen-bond acceptors (Lipinski definition) is 4. The lowest BCUT2D eigenvalue weighted by atomic mass is 10.1. The minimum Gasteiger partial charge on any atom is -0.455 e. The van der Waals surface area contributed by atoms with E-state index in [1.165, 1.54) is 6.07 Å². The van der Waals surface area contributed by atoms with Crippen LogP contribution in [0.2, 0.25) is 5.02 Å². The van der Waals surface area contributed by atoms with Gasteiger partial charge < -0.3 is 10.1 Å². The summed E-state index contributed by atoms with van der Waals surface area (Å²) in [5, 5.41) is 3.20. The molecule has 0 heterocycles. The molecule has 4 aromatic rings. The second-order valence-corrected chi connectivity index (χ2v) is 10.5. The van der Waals surface area contributed by atoms with Crippen LogP contribution in [-0.4, -0.2) is 14.3 Å². The summed E-state index contributed by atoms with van der Waals surface area (Å²) in [6.45, 7) is 5.45. The second kappa shape index (κ2) is 10.4. The summed E-state index contributed by atoms with van der Waals surface area (Å²) in [6.07, 6.45) is 0. The maximum Gasteiger partial charge on any atom is 0.262 e. The lowest BCUT2D eigenvalue weighted by Crippen LogP contribution is -2.17. The van der Waals surface area contributed by atoms with Crippen molar-refractivity contribution in [3.63, 3.8) is 0 Å². The Balaban J connectivity index is 1.61. The second-order valence-electron chi connectivity index (χ2n) is 8.41. The Kier molecular flexibility index (Phi) is 7.33. The van der Waals surface area contributed by atoms with Crippen LogP contribution >= 0.6 is 11.6 Å². The summed E-state index contributed by atoms with van der Waals surface area (Å²) >= 11 is 6.16. The largest absolute Gasteiger partial charge is 0.455 e. The van der Waals surface area contributed by atoms with Crippen molar-refractivity contribution in [3.8, 4) is 11.5 Å². The molecule has 0 radical (unpaired) electrons. The molecule has 0 bridgehead atoms. The quantitative estimate of drug-likeness (QED) is 0.272. The molecule has 4 aromatic carbocycles. The maximum atomic E-state index is 13.2. The van der Waals surface area contributed by atoms with Gasteiger partial charge in [0, 0.05) is 10.6 Å². The summed E-state index contributed by atoms with van der Waals surface area (Å²) in [6, 6.07) is 24.0. The van der Waals surface area contributed by atoms with Gasteiger partial charge in [-0.3, -0.25) is 9.52 Å². The van der Waals surface area contributed by atoms with E-state index in [0.29, 0.717) is 33.5 Å². The van der Waals surface area contributed by atoms with Crippen LogP contribution in [0.3, 0.4) is 0 Å². The van der Waals surface area contributed by atoms with E-state index >= 15 is 0 Å². The van der Waals surface area contributed by atoms with Gasteiger partial charge in [0.25, 0.3) is 15.9 Å². The van der Waals surface area contributed by atoms with E-state index in [0.717, 1.165) is 11.1 Å². The lowest BCUT2D eigenvalue weighted by molar-refractivity contribution is 0.102. The highest BCUT2D eigenvalue weighted by atomic mass is 35.5. The molecule has 1 amide bonds. The molecule has 0 saturated heterocycles. The Bertz CT molecular complexity index is 1540. The molecular formula is C28H25ClN2O4S. The fourth-order valence-electron chi connectivity index (χ4n) is 3.66. The molecule has 0 unspecified atom stereocenters. The van der Waals surface area contributed by atoms with Crippen LogP contribution in [-0.2, 0) is 10.0 Å². The van der Waals surface area contributed by atoms with E-state index in [4.69, 9.17) is 16.3 Å². The summed E-state index contributed by atoms with van der Waals surface area (Å²) in [5.74, 6) is 0.491. The molecule has 0 spiro atoms. The third kappa shape index (κ3) is 5.87. The number of ether oxygens (including phenoxy) is 1. The zero-order chi connectivity index (χ0) is 25.9. The molecule has 0 aliphatic carbocycles. The number of aryl methyl sites for hydroxylation is 3. The van der Waals surface area contributed by atoms with Crippen molar-refractivity contribution in [3.05, 3.63) is 112 Å². The summed E-state index contributed by atoms with van der Waals surface area (Å²) in [5.41, 5.74) is 3.36. The van der Waals surface area contributed by atoms with E-state index in [9.17, 15) is 13.2 Å². The van der Waals surface area contributed by atoms with Crippen molar-refractivity contribution in [2.75, 3.05) is 10.0 Å². The average molecular weight is 521 g/mol. The highest BCUT2D eigenvalue weighted by Crippen LogP contribution is 2.32. The first kappa shape index (κ1) is 25.3. The van der Waals surface area contributed by atoms with Crippen molar-refractivity contribution in [1.29, 1.82) is 0 Å². The van der Waals surface area contributed by atoms with E-state index in [1.54, 1.807) is 55.5 Å². The molecule has 0 saturated carbocycles. The Labute approximate surface area is 216 Å². The summed E-state index contributed by atoms with van der Waals surface area (Å²) in [7, 11) is -3.94. The molecular weight excluding hydrogens is 496 g/mol. The summed E-state index contributed by atoms with van der Waals surface area (Å²) in [4.78, 5) is 13.2. The van der Waals surface area contributed by atoms with Gasteiger partial charge in [0.15, 0.2) is 5.75 Å². The minimum atomic E-state index is -3.94. The van der Waals surface area contributed by atoms with Gasteiger partial charge in [-0.05, 0) is 80.4 Å². The third-order valence-corrected chi connectivity index (χ3v) is 7.27. The number of nitrogens with one attached hydrogen (secondary N) is 2. The summed E-state index contributed by atoms with van der Waals surface area (Å²) < 4.78 is 35.0. The first-order valence-electron chi connectivity index (χ1n) is 11.2. The number of carbonyl (C=O) groups excluding carboxylic acids is 1. The molecule has 0 fully saturated rings. The predicted molar refractivity (Wildman–Crippen MR) is 144 cm³/mol. The Morgan fingerprint density at radius 1 is 0.806 bits per heavy atom. The van der Waals surface area contributed by atoms with Crippen LogP contribution in [0.25, 0.3) is 0 Å². The molecule has 0 aromatic heterocycles. The molecule has 0 atom stereocenters. The van der Waals surface area contributed by atoms with Crippen LogP contribution in [0, 0.1) is 20.8 Å². The zero-order valence-corrected chi connectivity index (χ0v) is 21.6. The van der Waals surface area contributed by atoms with Gasteiger partial charge in [0.1, 0.15) is 5.75 Å². The molecule has 2 N–H and O–H groups in total. The van der Waals surface area contributed by atoms with Gasteiger partial charge in [-0.15, -0.1) is 0 Å². The van der Waals surface area contributed by atoms with Crippen LogP contribution in [0.5, 0.6) is 11.5 Å². The lowest BCUT2D eigenvalue weighted by Gasteiger charge is -2.15. The van der Waals surface area contributed by atoms with Gasteiger partial charge >= 0.3 is 0 Å². The van der Waals surface area contributed by atoms with Gasteiger partial charge in [-0.25, -0.2) is 8.42 Å². The van der Waals surface area contributed by atoms with Crippen LogP contribution in [0.15, 0.2) is 89.8 Å². The van der Waals surface area contributed by atoms with Gasteiger partial charge in [0.05, 0.1) is 16.3 Å². The van der Waals surface area contributed by atoms with Crippen LogP contribution in [0.4, 0.5) is 11.4 Å². The number of amides is 1. The number of hydrogen-bond donors (Lipinski definition) is 2. The Hall–Kier alpha value is -3.81. The van der Waals surface area contributed by atoms with Gasteiger partial charge in [-0.1, -0.05) is 53.6 Å². The molecule has 184 valence electrons. The van der Waals surface area contributed by atoms with Crippen molar-refractivity contribution in [1.82, 2.24) is 0 Å². The van der Waals surface area contributed by atoms with E-state index in [1.807, 2.05) is 44.2 Å². The van der Waals surface area contributed by atoms with E-state index in [-0.39, 0.29) is 10.5 Å². The maximum absolute atomic E-state index is 13.2. The van der Waals surface area contributed by atoms with Crippen molar-refractivity contribution in [2.45, 2.75) is 25.7 Å². The third-order valence-electron chi connectivity index (χ3n) is 5.53. The van der Waals surface area contributed by atoms with E-state index < -0.39 is 15.9 Å². The standard InChI is InChI=1S/C28H25ClN2O4S/c1-18-9-13-24(20(3)15-18)31-36(33,34)27-16-21(11-10-19(27)2)28(32)30-25-17-22(29)12-14-26(25)35-23-7-5-4-6-8-23/h4-17,31H,1-3H3,(H,30,32). The number of carbonyl (C=O) groups is 1. The number of anilines is 2. The first-order valence-corrected chi connectivity index (χ1v) is 13.0. The molecule has 6 nitrogen and oxygen atoms in total. The van der Waals surface area contributed by atoms with Crippen LogP contribution < -0.4 is 14.8 Å². The van der Waals surface area contributed by atoms with Crippen molar-refractivity contribution in [2.24, 2.45) is 0 Å². The topological polar surface area (TPSA) is 84.5 Å². The normalized spacial score (nSPS) is 11.1. The SMILES string of the molecule is Cc1ccc(NS(=O)(=O)c2cc(C(=O)Nc3cc(Cl)ccc3Oc3ccccc3)ccc2C)c(C)c1. The number of rotatable bonds is 7. The molecule has 36 heavy (non-hydrogen) atoms. The number of benzene rings is 4. The Morgan fingerprint density at radius 3 is 2.28 bits per heavy atom. The molecule has 8 heteroatoms. The zero-order valence-electron chi connectivity index (χ0n) is 20.0. The van der Waals surface area contributed by atoms with Crippen molar-refractivity contribution < 1.29 is 17.9 Å². The van der Waals surface area contributed by atoms with Gasteiger partial charge in [0.2, 0.25) is 0 Å².